The number of carbonyl (C=O) groups excluding carboxylic acids is 1. The lowest BCUT2D eigenvalue weighted by Crippen LogP contribution is -2.53. The highest BCUT2D eigenvalue weighted by Crippen LogP contribution is 2.10. The molecule has 1 fully saturated rings. The Bertz CT molecular complexity index is 510. The van der Waals surface area contributed by atoms with E-state index in [1.807, 2.05) is 16.7 Å². The molecule has 1 aliphatic rings. The minimum atomic E-state index is -0.0346. The van der Waals surface area contributed by atoms with Gasteiger partial charge in [0.1, 0.15) is 0 Å². The van der Waals surface area contributed by atoms with Crippen LogP contribution >= 0.6 is 11.8 Å². The van der Waals surface area contributed by atoms with Crippen LogP contribution in [0.1, 0.15) is 24.4 Å². The molecule has 6 nitrogen and oxygen atoms in total. The molecular formula is C16H26N4O2S. The largest absolute Gasteiger partial charge is 0.459 e. The molecule has 0 radical (unpaired) electrons. The van der Waals surface area contributed by atoms with Crippen LogP contribution in [0.25, 0.3) is 0 Å². The third kappa shape index (κ3) is 4.92. The standard InChI is InChI=1S/C16H26N4O2S/c1-4-17-16(18-12-13(2)23-3)20-9-7-19(8-10-20)15(21)14-6-5-11-22-14/h5-6,11,13H,4,7-10,12H2,1-3H3,(H,17,18). The lowest BCUT2D eigenvalue weighted by Gasteiger charge is -2.36. The fourth-order valence-corrected chi connectivity index (χ4v) is 2.62. The van der Waals surface area contributed by atoms with Crippen LogP contribution in [0, 0.1) is 0 Å². The van der Waals surface area contributed by atoms with Gasteiger partial charge < -0.3 is 19.5 Å². The summed E-state index contributed by atoms with van der Waals surface area (Å²) in [6.45, 7) is 8.83. The van der Waals surface area contributed by atoms with Crippen LogP contribution in [-0.2, 0) is 0 Å². The van der Waals surface area contributed by atoms with Crippen molar-refractivity contribution < 1.29 is 9.21 Å². The van der Waals surface area contributed by atoms with Crippen LogP contribution in [0.15, 0.2) is 27.8 Å². The Balaban J connectivity index is 1.91. The molecule has 0 saturated carbocycles. The Morgan fingerprint density at radius 2 is 2.09 bits per heavy atom. The maximum atomic E-state index is 12.3. The quantitative estimate of drug-likeness (QED) is 0.655. The average Bonchev–Trinajstić information content (AvgIpc) is 3.12. The molecule has 0 aromatic carbocycles. The van der Waals surface area contributed by atoms with Gasteiger partial charge in [-0.05, 0) is 25.3 Å². The molecule has 1 N–H and O–H groups in total. The van der Waals surface area contributed by atoms with Crippen LogP contribution in [0.4, 0.5) is 0 Å². The zero-order valence-corrected chi connectivity index (χ0v) is 14.9. The number of guanidine groups is 1. The van der Waals surface area contributed by atoms with Crippen LogP contribution in [-0.4, -0.2) is 72.4 Å². The normalized spacial score (nSPS) is 17.3. The maximum Gasteiger partial charge on any atom is 0.289 e. The molecule has 1 saturated heterocycles. The number of furan rings is 1. The zero-order valence-electron chi connectivity index (χ0n) is 14.1. The first-order chi connectivity index (χ1) is 11.2. The summed E-state index contributed by atoms with van der Waals surface area (Å²) < 4.78 is 5.20. The van der Waals surface area contributed by atoms with Gasteiger partial charge in [-0.25, -0.2) is 0 Å². The molecule has 1 atom stereocenters. The van der Waals surface area contributed by atoms with Gasteiger partial charge in [0.15, 0.2) is 11.7 Å². The highest BCUT2D eigenvalue weighted by molar-refractivity contribution is 7.99. The second-order valence-corrected chi connectivity index (χ2v) is 6.77. The lowest BCUT2D eigenvalue weighted by atomic mass is 10.3. The molecule has 2 heterocycles. The molecule has 0 aliphatic carbocycles. The van der Waals surface area contributed by atoms with E-state index >= 15 is 0 Å². The number of thioether (sulfide) groups is 1. The predicted molar refractivity (Wildman–Crippen MR) is 95.1 cm³/mol. The third-order valence-electron chi connectivity index (χ3n) is 3.83. The number of carbonyl (C=O) groups is 1. The molecule has 7 heteroatoms. The number of piperazine rings is 1. The van der Waals surface area contributed by atoms with E-state index in [9.17, 15) is 4.79 Å². The number of hydrogen-bond acceptors (Lipinski definition) is 4. The molecule has 1 aromatic heterocycles. The SMILES string of the molecule is CCNC(=NCC(C)SC)N1CCN(C(=O)c2ccco2)CC1. The van der Waals surface area contributed by atoms with Gasteiger partial charge in [-0.15, -0.1) is 0 Å². The van der Waals surface area contributed by atoms with Crippen molar-refractivity contribution in [1.29, 1.82) is 0 Å². The van der Waals surface area contributed by atoms with Crippen molar-refractivity contribution in [1.82, 2.24) is 15.1 Å². The summed E-state index contributed by atoms with van der Waals surface area (Å²) in [7, 11) is 0. The molecule has 1 aliphatic heterocycles. The highest BCUT2D eigenvalue weighted by atomic mass is 32.2. The van der Waals surface area contributed by atoms with E-state index in [1.165, 1.54) is 6.26 Å². The highest BCUT2D eigenvalue weighted by Gasteiger charge is 2.25. The molecular weight excluding hydrogens is 312 g/mol. The van der Waals surface area contributed by atoms with Crippen molar-refractivity contribution >= 4 is 23.6 Å². The Morgan fingerprint density at radius 1 is 1.39 bits per heavy atom. The second-order valence-electron chi connectivity index (χ2n) is 5.50. The average molecular weight is 338 g/mol. The van der Waals surface area contributed by atoms with Crippen LogP contribution in [0.2, 0.25) is 0 Å². The Hall–Kier alpha value is -1.63. The van der Waals surface area contributed by atoms with E-state index in [0.717, 1.165) is 32.1 Å². The Kier molecular flexibility index (Phi) is 6.83. The number of rotatable bonds is 5. The van der Waals surface area contributed by atoms with E-state index in [2.05, 4.69) is 30.3 Å². The van der Waals surface area contributed by atoms with Crippen molar-refractivity contribution in [3.63, 3.8) is 0 Å². The summed E-state index contributed by atoms with van der Waals surface area (Å²) in [4.78, 5) is 21.1. The van der Waals surface area contributed by atoms with Crippen molar-refractivity contribution in [2.45, 2.75) is 19.1 Å². The molecule has 1 amide bonds. The van der Waals surface area contributed by atoms with E-state index < -0.39 is 0 Å². The summed E-state index contributed by atoms with van der Waals surface area (Å²) >= 11 is 1.82. The summed E-state index contributed by atoms with van der Waals surface area (Å²) in [5.41, 5.74) is 0. The van der Waals surface area contributed by atoms with E-state index in [4.69, 9.17) is 9.41 Å². The number of aliphatic imine (C=N–C) groups is 1. The molecule has 0 bridgehead atoms. The molecule has 1 aromatic rings. The van der Waals surface area contributed by atoms with Gasteiger partial charge in [0.2, 0.25) is 0 Å². The minimum absolute atomic E-state index is 0.0346. The summed E-state index contributed by atoms with van der Waals surface area (Å²) in [5.74, 6) is 1.32. The monoisotopic (exact) mass is 338 g/mol. The van der Waals surface area contributed by atoms with E-state index in [-0.39, 0.29) is 5.91 Å². The summed E-state index contributed by atoms with van der Waals surface area (Å²) in [5, 5.41) is 3.85. The Morgan fingerprint density at radius 3 is 2.65 bits per heavy atom. The Labute approximate surface area is 142 Å². The molecule has 128 valence electrons. The summed E-state index contributed by atoms with van der Waals surface area (Å²) in [6.07, 6.45) is 3.64. The molecule has 2 rings (SSSR count). The fraction of sp³-hybridized carbons (Fsp3) is 0.625. The first kappa shape index (κ1) is 17.7. The number of hydrogen-bond donors (Lipinski definition) is 1. The summed E-state index contributed by atoms with van der Waals surface area (Å²) in [6, 6.07) is 3.45. The second kappa shape index (κ2) is 8.86. The van der Waals surface area contributed by atoms with Gasteiger partial charge in [0.05, 0.1) is 12.8 Å². The van der Waals surface area contributed by atoms with Gasteiger partial charge in [-0.1, -0.05) is 6.92 Å². The minimum Gasteiger partial charge on any atom is -0.459 e. The van der Waals surface area contributed by atoms with Crippen LogP contribution in [0.3, 0.4) is 0 Å². The predicted octanol–water partition coefficient (Wildman–Crippen LogP) is 1.75. The van der Waals surface area contributed by atoms with Gasteiger partial charge in [0.25, 0.3) is 5.91 Å². The topological polar surface area (TPSA) is 61.1 Å². The van der Waals surface area contributed by atoms with Gasteiger partial charge >= 0.3 is 0 Å². The fourth-order valence-electron chi connectivity index (χ4n) is 2.39. The lowest BCUT2D eigenvalue weighted by molar-refractivity contribution is 0.0657. The first-order valence-corrected chi connectivity index (χ1v) is 9.33. The van der Waals surface area contributed by atoms with Crippen LogP contribution < -0.4 is 5.32 Å². The van der Waals surface area contributed by atoms with Crippen molar-refractivity contribution in [3.05, 3.63) is 24.2 Å². The van der Waals surface area contributed by atoms with Gasteiger partial charge in [-0.2, -0.15) is 11.8 Å². The van der Waals surface area contributed by atoms with E-state index in [0.29, 0.717) is 24.1 Å². The maximum absolute atomic E-state index is 12.3. The number of amides is 1. The first-order valence-electron chi connectivity index (χ1n) is 8.04. The third-order valence-corrected chi connectivity index (χ3v) is 4.79. The van der Waals surface area contributed by atoms with Crippen LogP contribution in [0.5, 0.6) is 0 Å². The van der Waals surface area contributed by atoms with Crippen molar-refractivity contribution in [2.24, 2.45) is 4.99 Å². The smallest absolute Gasteiger partial charge is 0.289 e. The molecule has 23 heavy (non-hydrogen) atoms. The molecule has 1 unspecified atom stereocenters. The molecule has 0 spiro atoms. The van der Waals surface area contributed by atoms with Crippen molar-refractivity contribution in [3.8, 4) is 0 Å². The van der Waals surface area contributed by atoms with Gasteiger partial charge in [-0.3, -0.25) is 9.79 Å². The van der Waals surface area contributed by atoms with Gasteiger partial charge in [0, 0.05) is 38.0 Å². The number of nitrogens with one attached hydrogen (secondary N) is 1. The zero-order chi connectivity index (χ0) is 16.7. The van der Waals surface area contributed by atoms with Crippen molar-refractivity contribution in [2.75, 3.05) is 45.5 Å². The van der Waals surface area contributed by atoms with E-state index in [1.54, 1.807) is 12.1 Å². The number of nitrogens with zero attached hydrogens (tertiary/aromatic N) is 3.